The van der Waals surface area contributed by atoms with E-state index < -0.39 is 0 Å². The van der Waals surface area contributed by atoms with Gasteiger partial charge >= 0.3 is 0 Å². The van der Waals surface area contributed by atoms with Crippen LogP contribution in [0.4, 0.5) is 0 Å². The predicted molar refractivity (Wildman–Crippen MR) is 171 cm³/mol. The van der Waals surface area contributed by atoms with E-state index in [0.29, 0.717) is 23.4 Å². The number of nitrogens with zero attached hydrogens (tertiary/aromatic N) is 5. The van der Waals surface area contributed by atoms with Crippen molar-refractivity contribution >= 4 is 21.8 Å². The van der Waals surface area contributed by atoms with E-state index in [2.05, 4.69) is 68.4 Å². The van der Waals surface area contributed by atoms with Crippen molar-refractivity contribution in [1.82, 2.24) is 24.9 Å². The van der Waals surface area contributed by atoms with Crippen molar-refractivity contribution < 1.29 is 0 Å². The highest BCUT2D eigenvalue weighted by molar-refractivity contribution is 6.08. The highest BCUT2D eigenvalue weighted by Gasteiger charge is 2.15. The zero-order valence-corrected chi connectivity index (χ0v) is 23.8. The van der Waals surface area contributed by atoms with Gasteiger partial charge in [0.05, 0.1) is 11.0 Å². The third kappa shape index (κ3) is 4.79. The Morgan fingerprint density at radius 1 is 0.476 bits per heavy atom. The highest BCUT2D eigenvalue weighted by Crippen LogP contribution is 2.35. The molecule has 7 aromatic rings. The summed E-state index contributed by atoms with van der Waals surface area (Å²) in [6.07, 6.45) is 0. The van der Waals surface area contributed by atoms with E-state index >= 15 is 0 Å². The molecule has 0 aliphatic carbocycles. The molecule has 0 saturated heterocycles. The summed E-state index contributed by atoms with van der Waals surface area (Å²) in [6.45, 7) is 6.38. The van der Waals surface area contributed by atoms with Gasteiger partial charge in [-0.15, -0.1) is 0 Å². The van der Waals surface area contributed by atoms with Gasteiger partial charge in [-0.2, -0.15) is 0 Å². The molecule has 0 fully saturated rings. The van der Waals surface area contributed by atoms with Gasteiger partial charge < -0.3 is 0 Å². The summed E-state index contributed by atoms with van der Waals surface area (Å²) in [5.41, 5.74) is 8.89. The van der Waals surface area contributed by atoms with Gasteiger partial charge in [0.15, 0.2) is 17.5 Å². The quantitative estimate of drug-likeness (QED) is 0.203. The maximum absolute atomic E-state index is 5.03. The van der Waals surface area contributed by atoms with E-state index in [-0.39, 0.29) is 0 Å². The lowest BCUT2D eigenvalue weighted by Crippen LogP contribution is -2.00. The van der Waals surface area contributed by atoms with E-state index in [1.165, 1.54) is 0 Å². The number of aryl methyl sites for hydroxylation is 1. The molecule has 0 amide bonds. The fourth-order valence-corrected chi connectivity index (χ4v) is 5.34. The van der Waals surface area contributed by atoms with Crippen molar-refractivity contribution in [2.24, 2.45) is 0 Å². The molecule has 0 N–H and O–H groups in total. The first-order chi connectivity index (χ1) is 20.5. The summed E-state index contributed by atoms with van der Waals surface area (Å²) in [4.78, 5) is 24.7. The number of hydrogen-bond donors (Lipinski definition) is 0. The second-order valence-corrected chi connectivity index (χ2v) is 10.9. The lowest BCUT2D eigenvalue weighted by molar-refractivity contribution is 0.830. The van der Waals surface area contributed by atoms with Gasteiger partial charge in [-0.3, -0.25) is 9.97 Å². The topological polar surface area (TPSA) is 64.5 Å². The largest absolute Gasteiger partial charge is 0.251 e. The minimum Gasteiger partial charge on any atom is -0.251 e. The van der Waals surface area contributed by atoms with Gasteiger partial charge in [0.25, 0.3) is 0 Å². The third-order valence-electron chi connectivity index (χ3n) is 7.51. The first kappa shape index (κ1) is 25.7. The monoisotopic (exact) mass is 543 g/mol. The molecule has 4 aromatic carbocycles. The first-order valence-electron chi connectivity index (χ1n) is 14.2. The highest BCUT2D eigenvalue weighted by atomic mass is 15.0. The van der Waals surface area contributed by atoms with Gasteiger partial charge in [-0.05, 0) is 42.2 Å². The number of fused-ring (bicyclic) bond motifs is 3. The Morgan fingerprint density at radius 2 is 1.05 bits per heavy atom. The molecule has 7 rings (SSSR count). The molecule has 5 heteroatoms. The molecule has 0 aliphatic rings. The average Bonchev–Trinajstić information content (AvgIpc) is 3.04. The van der Waals surface area contributed by atoms with Crippen LogP contribution in [-0.2, 0) is 0 Å². The van der Waals surface area contributed by atoms with Crippen LogP contribution in [0.1, 0.15) is 31.2 Å². The van der Waals surface area contributed by atoms with E-state index in [9.17, 15) is 0 Å². The Balaban J connectivity index is 1.40. The molecule has 0 spiro atoms. The molecule has 42 heavy (non-hydrogen) atoms. The number of aromatic nitrogens is 5. The summed E-state index contributed by atoms with van der Waals surface area (Å²) in [7, 11) is 0. The Bertz CT molecular complexity index is 2010. The first-order valence-corrected chi connectivity index (χ1v) is 14.2. The van der Waals surface area contributed by atoms with E-state index in [1.807, 2.05) is 67.6 Å². The summed E-state index contributed by atoms with van der Waals surface area (Å²) in [5.74, 6) is 2.27. The third-order valence-corrected chi connectivity index (χ3v) is 7.51. The number of hydrogen-bond acceptors (Lipinski definition) is 5. The van der Waals surface area contributed by atoms with Crippen molar-refractivity contribution in [3.8, 4) is 45.3 Å². The van der Waals surface area contributed by atoms with Crippen LogP contribution in [0.2, 0.25) is 0 Å². The number of pyridine rings is 2. The normalized spacial score (nSPS) is 11.4. The van der Waals surface area contributed by atoms with Gasteiger partial charge in [-0.25, -0.2) is 15.0 Å². The molecule has 0 unspecified atom stereocenters. The van der Waals surface area contributed by atoms with Gasteiger partial charge in [-0.1, -0.05) is 111 Å². The molecule has 0 aliphatic heterocycles. The van der Waals surface area contributed by atoms with Crippen LogP contribution in [0.5, 0.6) is 0 Å². The van der Waals surface area contributed by atoms with Crippen LogP contribution in [0.15, 0.2) is 115 Å². The summed E-state index contributed by atoms with van der Waals surface area (Å²) in [6, 6.07) is 39.2. The second kappa shape index (κ2) is 10.6. The minimum absolute atomic E-state index is 0.340. The fourth-order valence-electron chi connectivity index (χ4n) is 5.34. The summed E-state index contributed by atoms with van der Waals surface area (Å²) < 4.78 is 0. The predicted octanol–water partition coefficient (Wildman–Crippen LogP) is 9.07. The molecule has 0 radical (unpaired) electrons. The Labute approximate surface area is 245 Å². The van der Waals surface area contributed by atoms with Crippen molar-refractivity contribution in [1.29, 1.82) is 0 Å². The maximum Gasteiger partial charge on any atom is 0.164 e. The van der Waals surface area contributed by atoms with Crippen LogP contribution in [-0.4, -0.2) is 24.9 Å². The number of benzene rings is 4. The van der Waals surface area contributed by atoms with Crippen molar-refractivity contribution in [3.63, 3.8) is 0 Å². The molecule has 0 atom stereocenters. The van der Waals surface area contributed by atoms with Crippen molar-refractivity contribution in [2.45, 2.75) is 26.7 Å². The SMILES string of the molecule is Cc1cc(-c2cccc(-c3nc(-c4ccccc4)nc(-c4ccccc4)n3)c2)c2ccc3ccc(C(C)C)nc3c2n1. The minimum atomic E-state index is 0.340. The molecule has 0 saturated carbocycles. The van der Waals surface area contributed by atoms with Gasteiger partial charge in [0.2, 0.25) is 0 Å². The Morgan fingerprint density at radius 3 is 1.69 bits per heavy atom. The smallest absolute Gasteiger partial charge is 0.164 e. The molecular weight excluding hydrogens is 514 g/mol. The van der Waals surface area contributed by atoms with Gasteiger partial charge in [0.1, 0.15) is 0 Å². The maximum atomic E-state index is 5.03. The van der Waals surface area contributed by atoms with Crippen molar-refractivity contribution in [2.75, 3.05) is 0 Å². The van der Waals surface area contributed by atoms with Crippen LogP contribution < -0.4 is 0 Å². The zero-order valence-electron chi connectivity index (χ0n) is 23.8. The lowest BCUT2D eigenvalue weighted by atomic mass is 9.97. The van der Waals surface area contributed by atoms with E-state index in [0.717, 1.165) is 61.0 Å². The standard InChI is InChI=1S/C37H29N5/c1-23(2)32-20-18-25-17-19-30-31(21-24(3)38-34(30)33(25)39-32)28-15-10-16-29(22-28)37-41-35(26-11-6-4-7-12-26)40-36(42-37)27-13-8-5-9-14-27/h4-23H,1-3H3. The molecule has 202 valence electrons. The van der Waals surface area contributed by atoms with Crippen LogP contribution >= 0.6 is 0 Å². The van der Waals surface area contributed by atoms with Gasteiger partial charge in [0, 0.05) is 38.9 Å². The van der Waals surface area contributed by atoms with E-state index in [1.54, 1.807) is 0 Å². The molecule has 0 bridgehead atoms. The zero-order chi connectivity index (χ0) is 28.6. The van der Waals surface area contributed by atoms with Crippen LogP contribution in [0.3, 0.4) is 0 Å². The van der Waals surface area contributed by atoms with Crippen LogP contribution in [0, 0.1) is 6.92 Å². The molecular formula is C37H29N5. The molecule has 3 aromatic heterocycles. The van der Waals surface area contributed by atoms with Crippen molar-refractivity contribution in [3.05, 3.63) is 127 Å². The lowest BCUT2D eigenvalue weighted by Gasteiger charge is -2.13. The molecule has 5 nitrogen and oxygen atoms in total. The summed E-state index contributed by atoms with van der Waals surface area (Å²) in [5, 5.41) is 2.17. The van der Waals surface area contributed by atoms with Crippen LogP contribution in [0.25, 0.3) is 67.1 Å². The van der Waals surface area contributed by atoms with E-state index in [4.69, 9.17) is 24.9 Å². The molecule has 3 heterocycles. The fraction of sp³-hybridized carbons (Fsp3) is 0.108. The average molecular weight is 544 g/mol. The number of rotatable bonds is 5. The Hall–Kier alpha value is -5.29. The Kier molecular flexibility index (Phi) is 6.48. The second-order valence-electron chi connectivity index (χ2n) is 10.9. The summed E-state index contributed by atoms with van der Waals surface area (Å²) >= 11 is 0.